The predicted octanol–water partition coefficient (Wildman–Crippen LogP) is 2.41. The standard InChI is InChI=1S/C15H12FNO4/c16-10-4-5-12(15(20)21)13(8-10)17-14(19)7-9-2-1-3-11(18)6-9/h1-6,8,18H,7H2,(H,17,19)(H,20,21). The number of phenols is 1. The summed E-state index contributed by atoms with van der Waals surface area (Å²) in [7, 11) is 0. The van der Waals surface area contributed by atoms with Crippen LogP contribution in [0.5, 0.6) is 5.75 Å². The van der Waals surface area contributed by atoms with Crippen LogP contribution in [0.2, 0.25) is 0 Å². The molecule has 0 radical (unpaired) electrons. The number of carboxylic acid groups (broad SMARTS) is 1. The van der Waals surface area contributed by atoms with E-state index in [2.05, 4.69) is 5.32 Å². The molecule has 0 aliphatic rings. The van der Waals surface area contributed by atoms with Crippen molar-refractivity contribution in [2.45, 2.75) is 6.42 Å². The summed E-state index contributed by atoms with van der Waals surface area (Å²) < 4.78 is 13.2. The molecule has 0 atom stereocenters. The first-order valence-electron chi connectivity index (χ1n) is 6.06. The summed E-state index contributed by atoms with van der Waals surface area (Å²) in [6.07, 6.45) is -0.0655. The van der Waals surface area contributed by atoms with Gasteiger partial charge in [0.25, 0.3) is 0 Å². The Morgan fingerprint density at radius 1 is 1.14 bits per heavy atom. The van der Waals surface area contributed by atoms with Crippen molar-refractivity contribution in [2.75, 3.05) is 5.32 Å². The molecule has 2 aromatic carbocycles. The number of carbonyl (C=O) groups is 2. The van der Waals surface area contributed by atoms with Crippen molar-refractivity contribution in [1.82, 2.24) is 0 Å². The van der Waals surface area contributed by atoms with Crippen LogP contribution in [0.3, 0.4) is 0 Å². The Morgan fingerprint density at radius 3 is 2.57 bits per heavy atom. The Balaban J connectivity index is 2.16. The van der Waals surface area contributed by atoms with Crippen LogP contribution in [0.1, 0.15) is 15.9 Å². The van der Waals surface area contributed by atoms with Gasteiger partial charge in [-0.15, -0.1) is 0 Å². The van der Waals surface area contributed by atoms with Gasteiger partial charge in [0.2, 0.25) is 5.91 Å². The highest BCUT2D eigenvalue weighted by molar-refractivity contribution is 6.01. The largest absolute Gasteiger partial charge is 0.508 e. The number of amides is 1. The van der Waals surface area contributed by atoms with E-state index in [-0.39, 0.29) is 23.4 Å². The second-order valence-corrected chi connectivity index (χ2v) is 4.39. The van der Waals surface area contributed by atoms with Crippen LogP contribution in [-0.2, 0) is 11.2 Å². The highest BCUT2D eigenvalue weighted by Gasteiger charge is 2.13. The van der Waals surface area contributed by atoms with E-state index in [4.69, 9.17) is 5.11 Å². The second kappa shape index (κ2) is 6.04. The Morgan fingerprint density at radius 2 is 1.90 bits per heavy atom. The fourth-order valence-electron chi connectivity index (χ4n) is 1.85. The van der Waals surface area contributed by atoms with E-state index >= 15 is 0 Å². The number of carboxylic acids is 1. The molecule has 0 aliphatic heterocycles. The van der Waals surface area contributed by atoms with Crippen molar-refractivity contribution in [3.05, 3.63) is 59.4 Å². The number of phenolic OH excluding ortho intramolecular Hbond substituents is 1. The summed E-state index contributed by atoms with van der Waals surface area (Å²) in [6, 6.07) is 9.16. The number of rotatable bonds is 4. The number of hydrogen-bond acceptors (Lipinski definition) is 3. The number of anilines is 1. The van der Waals surface area contributed by atoms with Crippen LogP contribution in [0.4, 0.5) is 10.1 Å². The van der Waals surface area contributed by atoms with Crippen molar-refractivity contribution in [3.8, 4) is 5.75 Å². The lowest BCUT2D eigenvalue weighted by molar-refractivity contribution is -0.115. The summed E-state index contributed by atoms with van der Waals surface area (Å²) in [5, 5.41) is 20.7. The van der Waals surface area contributed by atoms with Crippen molar-refractivity contribution in [3.63, 3.8) is 0 Å². The number of nitrogens with one attached hydrogen (secondary N) is 1. The predicted molar refractivity (Wildman–Crippen MR) is 73.8 cm³/mol. The molecule has 6 heteroatoms. The molecule has 0 saturated carbocycles. The molecule has 0 unspecified atom stereocenters. The molecule has 0 fully saturated rings. The monoisotopic (exact) mass is 289 g/mol. The molecular weight excluding hydrogens is 277 g/mol. The van der Waals surface area contributed by atoms with E-state index in [0.29, 0.717) is 5.56 Å². The molecule has 108 valence electrons. The minimum Gasteiger partial charge on any atom is -0.508 e. The van der Waals surface area contributed by atoms with Crippen molar-refractivity contribution in [2.24, 2.45) is 0 Å². The molecule has 0 aliphatic carbocycles. The van der Waals surface area contributed by atoms with Crippen LogP contribution in [0.25, 0.3) is 0 Å². The zero-order valence-electron chi connectivity index (χ0n) is 10.8. The van der Waals surface area contributed by atoms with Gasteiger partial charge in [-0.1, -0.05) is 12.1 Å². The van der Waals surface area contributed by atoms with Gasteiger partial charge in [0.05, 0.1) is 17.7 Å². The lowest BCUT2D eigenvalue weighted by Crippen LogP contribution is -2.17. The maximum atomic E-state index is 13.2. The maximum Gasteiger partial charge on any atom is 0.337 e. The molecule has 0 aromatic heterocycles. The van der Waals surface area contributed by atoms with Gasteiger partial charge < -0.3 is 15.5 Å². The topological polar surface area (TPSA) is 86.6 Å². The number of aromatic carboxylic acids is 1. The average molecular weight is 289 g/mol. The normalized spacial score (nSPS) is 10.1. The van der Waals surface area contributed by atoms with Crippen LogP contribution in [0, 0.1) is 5.82 Å². The van der Waals surface area contributed by atoms with Gasteiger partial charge in [0.15, 0.2) is 0 Å². The number of aromatic hydroxyl groups is 1. The third kappa shape index (κ3) is 3.79. The Hall–Kier alpha value is -2.89. The van der Waals surface area contributed by atoms with Crippen LogP contribution < -0.4 is 5.32 Å². The minimum atomic E-state index is -1.26. The SMILES string of the molecule is O=C(Cc1cccc(O)c1)Nc1cc(F)ccc1C(=O)O. The van der Waals surface area contributed by atoms with Crippen LogP contribution in [-0.4, -0.2) is 22.1 Å². The summed E-state index contributed by atoms with van der Waals surface area (Å²) in [6.45, 7) is 0. The molecule has 2 aromatic rings. The van der Waals surface area contributed by atoms with E-state index in [0.717, 1.165) is 18.2 Å². The number of halogens is 1. The highest BCUT2D eigenvalue weighted by atomic mass is 19.1. The Kier molecular flexibility index (Phi) is 4.18. The van der Waals surface area contributed by atoms with E-state index in [1.54, 1.807) is 12.1 Å². The van der Waals surface area contributed by atoms with E-state index in [1.165, 1.54) is 12.1 Å². The highest BCUT2D eigenvalue weighted by Crippen LogP contribution is 2.18. The molecular formula is C15H12FNO4. The summed E-state index contributed by atoms with van der Waals surface area (Å²) in [5.74, 6) is -2.39. The molecule has 2 rings (SSSR count). The molecule has 3 N–H and O–H groups in total. The zero-order chi connectivity index (χ0) is 15.4. The zero-order valence-corrected chi connectivity index (χ0v) is 10.8. The first kappa shape index (κ1) is 14.5. The quantitative estimate of drug-likeness (QED) is 0.806. The number of benzene rings is 2. The smallest absolute Gasteiger partial charge is 0.337 e. The van der Waals surface area contributed by atoms with Gasteiger partial charge in [-0.2, -0.15) is 0 Å². The lowest BCUT2D eigenvalue weighted by atomic mass is 10.1. The molecule has 0 spiro atoms. The minimum absolute atomic E-state index is 0.0253. The van der Waals surface area contributed by atoms with Crippen molar-refractivity contribution >= 4 is 17.6 Å². The number of carbonyl (C=O) groups excluding carboxylic acids is 1. The fourth-order valence-corrected chi connectivity index (χ4v) is 1.85. The van der Waals surface area contributed by atoms with E-state index in [1.807, 2.05) is 0 Å². The average Bonchev–Trinajstić information content (AvgIpc) is 2.38. The molecule has 0 saturated heterocycles. The van der Waals surface area contributed by atoms with Crippen LogP contribution in [0.15, 0.2) is 42.5 Å². The first-order valence-corrected chi connectivity index (χ1v) is 6.06. The van der Waals surface area contributed by atoms with Gasteiger partial charge >= 0.3 is 5.97 Å². The number of hydrogen-bond donors (Lipinski definition) is 3. The van der Waals surface area contributed by atoms with Crippen LogP contribution >= 0.6 is 0 Å². The summed E-state index contributed by atoms with van der Waals surface area (Å²) in [5.41, 5.74) is 0.258. The molecule has 0 heterocycles. The maximum absolute atomic E-state index is 13.2. The molecule has 1 amide bonds. The van der Waals surface area contributed by atoms with Gasteiger partial charge in [0.1, 0.15) is 11.6 Å². The van der Waals surface area contributed by atoms with Gasteiger partial charge in [-0.25, -0.2) is 9.18 Å². The molecule has 5 nitrogen and oxygen atoms in total. The van der Waals surface area contributed by atoms with Gasteiger partial charge in [0, 0.05) is 0 Å². The van der Waals surface area contributed by atoms with Crippen molar-refractivity contribution < 1.29 is 24.2 Å². The fraction of sp³-hybridized carbons (Fsp3) is 0.0667. The van der Waals surface area contributed by atoms with E-state index < -0.39 is 17.7 Å². The lowest BCUT2D eigenvalue weighted by Gasteiger charge is -2.09. The molecule has 21 heavy (non-hydrogen) atoms. The summed E-state index contributed by atoms with van der Waals surface area (Å²) >= 11 is 0. The van der Waals surface area contributed by atoms with Crippen molar-refractivity contribution in [1.29, 1.82) is 0 Å². The van der Waals surface area contributed by atoms with E-state index in [9.17, 15) is 19.1 Å². The first-order chi connectivity index (χ1) is 9.95. The van der Waals surface area contributed by atoms with Gasteiger partial charge in [-0.05, 0) is 35.9 Å². The Labute approximate surface area is 119 Å². The third-order valence-corrected chi connectivity index (χ3v) is 2.76. The summed E-state index contributed by atoms with van der Waals surface area (Å²) in [4.78, 5) is 22.9. The second-order valence-electron chi connectivity index (χ2n) is 4.39. The Bertz CT molecular complexity index is 700. The third-order valence-electron chi connectivity index (χ3n) is 2.76. The molecule has 0 bridgehead atoms. The van der Waals surface area contributed by atoms with Gasteiger partial charge in [-0.3, -0.25) is 4.79 Å².